The number of unbranched alkanes of at least 4 members (excludes halogenated alkanes) is 2. The summed E-state index contributed by atoms with van der Waals surface area (Å²) in [6, 6.07) is 0. The first kappa shape index (κ1) is 15.2. The summed E-state index contributed by atoms with van der Waals surface area (Å²) >= 11 is 0. The summed E-state index contributed by atoms with van der Waals surface area (Å²) in [6.45, 7) is 6.15. The van der Waals surface area contributed by atoms with E-state index in [1.54, 1.807) is 0 Å². The van der Waals surface area contributed by atoms with E-state index >= 15 is 0 Å². The van der Waals surface area contributed by atoms with Crippen LogP contribution >= 0.6 is 0 Å². The lowest BCUT2D eigenvalue weighted by molar-refractivity contribution is 0.212. The van der Waals surface area contributed by atoms with Crippen LogP contribution in [0.15, 0.2) is 0 Å². The number of hydrogen-bond donors (Lipinski definition) is 3. The van der Waals surface area contributed by atoms with Gasteiger partial charge >= 0.3 is 0 Å². The molecule has 2 atom stereocenters. The van der Waals surface area contributed by atoms with E-state index in [0.717, 1.165) is 51.9 Å². The predicted molar refractivity (Wildman–Crippen MR) is 78.2 cm³/mol. The molecule has 0 aromatic rings. The van der Waals surface area contributed by atoms with Gasteiger partial charge in [-0.25, -0.2) is 8.42 Å². The van der Waals surface area contributed by atoms with Crippen molar-refractivity contribution in [2.75, 3.05) is 38.5 Å². The second-order valence-corrected chi connectivity index (χ2v) is 8.08. The third kappa shape index (κ3) is 3.48. The first-order valence-corrected chi connectivity index (χ1v) is 9.20. The van der Waals surface area contributed by atoms with E-state index < -0.39 is 9.84 Å². The van der Waals surface area contributed by atoms with E-state index in [0.29, 0.717) is 12.3 Å². The van der Waals surface area contributed by atoms with E-state index in [1.165, 1.54) is 0 Å². The van der Waals surface area contributed by atoms with Crippen LogP contribution in [0.2, 0.25) is 0 Å². The number of hydrogen-bond acceptors (Lipinski definition) is 5. The van der Waals surface area contributed by atoms with Gasteiger partial charge < -0.3 is 16.0 Å². The van der Waals surface area contributed by atoms with Crippen molar-refractivity contribution >= 4 is 9.84 Å². The molecule has 1 spiro atoms. The molecule has 0 aromatic heterocycles. The van der Waals surface area contributed by atoms with Crippen molar-refractivity contribution in [3.8, 4) is 0 Å². The Balaban J connectivity index is 2.10. The van der Waals surface area contributed by atoms with E-state index in [1.807, 2.05) is 0 Å². The minimum Gasteiger partial charge on any atom is -0.315 e. The minimum absolute atomic E-state index is 0.255. The normalized spacial score (nSPS) is 32.6. The number of rotatable bonds is 5. The van der Waals surface area contributed by atoms with Gasteiger partial charge in [0, 0.05) is 26.2 Å². The Labute approximate surface area is 116 Å². The highest BCUT2D eigenvalue weighted by Crippen LogP contribution is 2.26. The quantitative estimate of drug-likeness (QED) is 0.616. The number of sulfone groups is 1. The van der Waals surface area contributed by atoms with Crippen LogP contribution in [0.25, 0.3) is 0 Å². The Kier molecular flexibility index (Phi) is 5.22. The molecule has 0 aromatic carbocycles. The average Bonchev–Trinajstić information content (AvgIpc) is 2.40. The predicted octanol–water partition coefficient (Wildman–Crippen LogP) is -0.115. The third-order valence-corrected chi connectivity index (χ3v) is 6.72. The van der Waals surface area contributed by atoms with Gasteiger partial charge in [-0.3, -0.25) is 0 Å². The van der Waals surface area contributed by atoms with E-state index in [2.05, 4.69) is 22.9 Å². The van der Waals surface area contributed by atoms with Crippen molar-refractivity contribution in [3.05, 3.63) is 0 Å². The van der Waals surface area contributed by atoms with Crippen molar-refractivity contribution in [3.63, 3.8) is 0 Å². The van der Waals surface area contributed by atoms with Gasteiger partial charge in [0.1, 0.15) is 0 Å². The minimum atomic E-state index is -3.03. The Bertz CT molecular complexity index is 369. The van der Waals surface area contributed by atoms with Crippen molar-refractivity contribution in [1.29, 1.82) is 0 Å². The Morgan fingerprint density at radius 3 is 2.68 bits per heavy atom. The maximum atomic E-state index is 12.6. The molecule has 0 amide bonds. The van der Waals surface area contributed by atoms with Crippen LogP contribution in [0.3, 0.4) is 0 Å². The van der Waals surface area contributed by atoms with E-state index in [9.17, 15) is 8.42 Å². The van der Waals surface area contributed by atoms with Crippen LogP contribution in [0.4, 0.5) is 0 Å². The zero-order valence-corrected chi connectivity index (χ0v) is 12.7. The lowest BCUT2D eigenvalue weighted by Gasteiger charge is -2.47. The average molecular weight is 289 g/mol. The van der Waals surface area contributed by atoms with E-state index in [4.69, 9.17) is 0 Å². The monoisotopic (exact) mass is 289 g/mol. The molecule has 2 fully saturated rings. The fourth-order valence-corrected chi connectivity index (χ4v) is 5.48. The Hall–Kier alpha value is -0.170. The highest BCUT2D eigenvalue weighted by atomic mass is 32.2. The maximum absolute atomic E-state index is 12.6. The number of piperidine rings is 1. The van der Waals surface area contributed by atoms with Gasteiger partial charge in [0.2, 0.25) is 0 Å². The van der Waals surface area contributed by atoms with Crippen molar-refractivity contribution in [2.24, 2.45) is 0 Å². The van der Waals surface area contributed by atoms with Gasteiger partial charge in [-0.1, -0.05) is 19.8 Å². The molecule has 2 aliphatic heterocycles. The summed E-state index contributed by atoms with van der Waals surface area (Å²) in [5.41, 5.74) is -0.255. The van der Waals surface area contributed by atoms with Crippen LogP contribution in [0, 0.1) is 0 Å². The molecule has 2 heterocycles. The molecule has 112 valence electrons. The molecular formula is C13H27N3O2S. The second-order valence-electron chi connectivity index (χ2n) is 5.78. The van der Waals surface area contributed by atoms with Crippen molar-refractivity contribution in [2.45, 2.75) is 43.4 Å². The topological polar surface area (TPSA) is 70.2 Å². The van der Waals surface area contributed by atoms with Crippen molar-refractivity contribution < 1.29 is 8.42 Å². The fraction of sp³-hybridized carbons (Fsp3) is 1.00. The van der Waals surface area contributed by atoms with Gasteiger partial charge in [0.25, 0.3) is 0 Å². The molecule has 19 heavy (non-hydrogen) atoms. The molecule has 5 nitrogen and oxygen atoms in total. The molecule has 0 radical (unpaired) electrons. The van der Waals surface area contributed by atoms with E-state index in [-0.39, 0.29) is 10.8 Å². The molecule has 3 N–H and O–H groups in total. The Morgan fingerprint density at radius 2 is 2.00 bits per heavy atom. The second kappa shape index (κ2) is 6.52. The summed E-state index contributed by atoms with van der Waals surface area (Å²) in [7, 11) is -3.03. The van der Waals surface area contributed by atoms with Gasteiger partial charge in [-0.05, 0) is 19.4 Å². The van der Waals surface area contributed by atoms with Crippen LogP contribution in [0.5, 0.6) is 0 Å². The third-order valence-electron chi connectivity index (χ3n) is 4.38. The molecule has 0 aliphatic carbocycles. The number of piperazine rings is 1. The summed E-state index contributed by atoms with van der Waals surface area (Å²) in [6.07, 6.45) is 3.73. The van der Waals surface area contributed by atoms with Gasteiger partial charge in [0.15, 0.2) is 9.84 Å². The van der Waals surface area contributed by atoms with Crippen LogP contribution in [-0.2, 0) is 9.84 Å². The lowest BCUT2D eigenvalue weighted by atomic mass is 9.86. The molecule has 2 saturated heterocycles. The lowest BCUT2D eigenvalue weighted by Crippen LogP contribution is -2.71. The molecule has 0 bridgehead atoms. The maximum Gasteiger partial charge on any atom is 0.156 e. The molecule has 2 rings (SSSR count). The highest BCUT2D eigenvalue weighted by molar-refractivity contribution is 7.92. The zero-order chi connectivity index (χ0) is 13.8. The van der Waals surface area contributed by atoms with Crippen LogP contribution in [-0.4, -0.2) is 57.7 Å². The van der Waals surface area contributed by atoms with Crippen molar-refractivity contribution in [1.82, 2.24) is 16.0 Å². The first-order chi connectivity index (χ1) is 9.11. The molecular weight excluding hydrogens is 262 g/mol. The van der Waals surface area contributed by atoms with Crippen LogP contribution in [0.1, 0.15) is 32.6 Å². The van der Waals surface area contributed by atoms with Gasteiger partial charge in [-0.2, -0.15) is 0 Å². The van der Waals surface area contributed by atoms with Crippen LogP contribution < -0.4 is 16.0 Å². The van der Waals surface area contributed by atoms with Gasteiger partial charge in [0.05, 0.1) is 16.5 Å². The Morgan fingerprint density at radius 1 is 1.16 bits per heavy atom. The smallest absolute Gasteiger partial charge is 0.156 e. The molecule has 2 aliphatic rings. The summed E-state index contributed by atoms with van der Waals surface area (Å²) in [4.78, 5) is 0. The first-order valence-electron chi connectivity index (χ1n) is 7.49. The fourth-order valence-electron chi connectivity index (χ4n) is 3.25. The molecule has 6 heteroatoms. The summed E-state index contributed by atoms with van der Waals surface area (Å²) < 4.78 is 25.3. The highest BCUT2D eigenvalue weighted by Gasteiger charge is 2.47. The largest absolute Gasteiger partial charge is 0.315 e. The van der Waals surface area contributed by atoms with Gasteiger partial charge in [-0.15, -0.1) is 0 Å². The SMILES string of the molecule is CCCCCS(=O)(=O)C1CNCCC12CNCCN2. The summed E-state index contributed by atoms with van der Waals surface area (Å²) in [5, 5.41) is 9.82. The zero-order valence-electron chi connectivity index (χ0n) is 11.9. The standard InChI is InChI=1S/C13H27N3O2S/c1-2-3-4-9-19(17,18)12-10-14-6-5-13(12)11-15-7-8-16-13/h12,14-16H,2-11H2,1H3. The molecule has 2 unspecified atom stereocenters. The molecule has 0 saturated carbocycles. The summed E-state index contributed by atoms with van der Waals surface area (Å²) in [5.74, 6) is 0.330. The number of nitrogens with one attached hydrogen (secondary N) is 3.